The van der Waals surface area contributed by atoms with Crippen LogP contribution in [0.1, 0.15) is 35.1 Å². The van der Waals surface area contributed by atoms with Crippen molar-refractivity contribution in [2.24, 2.45) is 7.05 Å². The lowest BCUT2D eigenvalue weighted by molar-refractivity contribution is -0.686. The van der Waals surface area contributed by atoms with Gasteiger partial charge in [-0.15, -0.1) is 0 Å². The Morgan fingerprint density at radius 3 is 2.33 bits per heavy atom. The topological polar surface area (TPSA) is 66.3 Å². The van der Waals surface area contributed by atoms with E-state index in [9.17, 15) is 15.1 Å². The van der Waals surface area contributed by atoms with Gasteiger partial charge in [0, 0.05) is 18.9 Å². The predicted octanol–water partition coefficient (Wildman–Crippen LogP) is 2.43. The highest BCUT2D eigenvalue weighted by molar-refractivity contribution is 6.30. The quantitative estimate of drug-likeness (QED) is 0.673. The van der Waals surface area contributed by atoms with Crippen molar-refractivity contribution in [2.75, 3.05) is 0 Å². The number of hydrogen-bond acceptors (Lipinski definition) is 2. The van der Waals surface area contributed by atoms with Crippen LogP contribution in [0.25, 0.3) is 0 Å². The molecule has 21 heavy (non-hydrogen) atoms. The van der Waals surface area contributed by atoms with Gasteiger partial charge in [-0.05, 0) is 22.4 Å². The fourth-order valence-corrected chi connectivity index (χ4v) is 2.62. The highest BCUT2D eigenvalue weighted by atomic mass is 35.5. The number of halogens is 1. The molecule has 112 valence electrons. The summed E-state index contributed by atoms with van der Waals surface area (Å²) in [4.78, 5) is 11.2. The summed E-state index contributed by atoms with van der Waals surface area (Å²) in [6, 6.07) is 7.01. The van der Waals surface area contributed by atoms with Crippen LogP contribution in [0.3, 0.4) is 0 Å². The van der Waals surface area contributed by atoms with Crippen LogP contribution in [0.5, 0.6) is 0 Å². The molecule has 1 aromatic carbocycles. The molecule has 0 spiro atoms. The van der Waals surface area contributed by atoms with E-state index in [1.54, 1.807) is 31.2 Å². The summed E-state index contributed by atoms with van der Waals surface area (Å²) < 4.78 is 2.88. The molecule has 0 saturated heterocycles. The van der Waals surface area contributed by atoms with E-state index in [-0.39, 0.29) is 6.42 Å². The van der Waals surface area contributed by atoms with Crippen molar-refractivity contribution in [3.8, 4) is 0 Å². The molecule has 1 aromatic heterocycles. The number of rotatable bonds is 4. The SMILES string of the molecule is Cc1c(C)[n+](C)c([C@@H](CC(=O)O)c2ccc(Cl)cc2)n1O. The van der Waals surface area contributed by atoms with Crippen LogP contribution in [0, 0.1) is 13.8 Å². The van der Waals surface area contributed by atoms with Gasteiger partial charge in [0.25, 0.3) is 0 Å². The summed E-state index contributed by atoms with van der Waals surface area (Å²) in [5.41, 5.74) is 2.37. The number of aromatic nitrogens is 2. The second kappa shape index (κ2) is 5.77. The molecule has 0 bridgehead atoms. The third kappa shape index (κ3) is 2.88. The maximum Gasteiger partial charge on any atom is 0.304 e. The number of benzene rings is 1. The van der Waals surface area contributed by atoms with Crippen molar-refractivity contribution < 1.29 is 19.7 Å². The van der Waals surface area contributed by atoms with Crippen LogP contribution >= 0.6 is 11.6 Å². The molecule has 0 unspecified atom stereocenters. The zero-order valence-electron chi connectivity index (χ0n) is 12.2. The lowest BCUT2D eigenvalue weighted by Crippen LogP contribution is -2.37. The van der Waals surface area contributed by atoms with Crippen molar-refractivity contribution in [3.63, 3.8) is 0 Å². The maximum atomic E-state index is 11.2. The Kier molecular flexibility index (Phi) is 4.23. The molecule has 0 amide bonds. The number of aliphatic carboxylic acids is 1. The van der Waals surface area contributed by atoms with Gasteiger partial charge in [0.1, 0.15) is 5.69 Å². The monoisotopic (exact) mass is 309 g/mol. The first-order valence-electron chi connectivity index (χ1n) is 6.57. The van der Waals surface area contributed by atoms with Crippen LogP contribution in [0.15, 0.2) is 24.3 Å². The van der Waals surface area contributed by atoms with E-state index in [2.05, 4.69) is 0 Å². The first kappa shape index (κ1) is 15.4. The average molecular weight is 310 g/mol. The smallest absolute Gasteiger partial charge is 0.304 e. The normalized spacial score (nSPS) is 12.4. The van der Waals surface area contributed by atoms with E-state index in [0.29, 0.717) is 16.5 Å². The van der Waals surface area contributed by atoms with E-state index >= 15 is 0 Å². The lowest BCUT2D eigenvalue weighted by atomic mass is 9.95. The van der Waals surface area contributed by atoms with Gasteiger partial charge in [0.05, 0.1) is 19.4 Å². The Morgan fingerprint density at radius 1 is 1.33 bits per heavy atom. The van der Waals surface area contributed by atoms with Crippen LogP contribution < -0.4 is 4.57 Å². The fraction of sp³-hybridized carbons (Fsp3) is 0.333. The van der Waals surface area contributed by atoms with Crippen LogP contribution in [-0.4, -0.2) is 21.0 Å². The first-order valence-corrected chi connectivity index (χ1v) is 6.95. The van der Waals surface area contributed by atoms with Gasteiger partial charge in [-0.2, -0.15) is 0 Å². The minimum absolute atomic E-state index is 0.112. The molecule has 0 aliphatic rings. The predicted molar refractivity (Wildman–Crippen MR) is 77.8 cm³/mol. The number of nitrogens with zero attached hydrogens (tertiary/aromatic N) is 2. The number of hydrogen-bond donors (Lipinski definition) is 2. The third-order valence-corrected chi connectivity index (χ3v) is 4.12. The summed E-state index contributed by atoms with van der Waals surface area (Å²) in [5.74, 6) is -0.844. The summed E-state index contributed by atoms with van der Waals surface area (Å²) in [6.07, 6.45) is -0.112. The Morgan fingerprint density at radius 2 is 1.90 bits per heavy atom. The number of carbonyl (C=O) groups is 1. The standard InChI is InChI=1S/C15H17ClN2O3/c1-9-10(2)18(21)15(17(9)3)13(8-14(19)20)11-4-6-12(16)7-5-11/h4-7,13H,8H2,1-3H3,(H-,19,20,21)/p+1/t13-/m0/s1. The molecular weight excluding hydrogens is 292 g/mol. The third-order valence-electron chi connectivity index (χ3n) is 3.87. The maximum absolute atomic E-state index is 11.2. The minimum Gasteiger partial charge on any atom is -0.481 e. The summed E-state index contributed by atoms with van der Waals surface area (Å²) in [5, 5.41) is 20.1. The van der Waals surface area contributed by atoms with Crippen molar-refractivity contribution in [2.45, 2.75) is 26.2 Å². The van der Waals surface area contributed by atoms with E-state index in [1.807, 2.05) is 18.5 Å². The van der Waals surface area contributed by atoms with Gasteiger partial charge in [0.2, 0.25) is 0 Å². The largest absolute Gasteiger partial charge is 0.481 e. The van der Waals surface area contributed by atoms with Gasteiger partial charge >= 0.3 is 11.8 Å². The molecule has 6 heteroatoms. The summed E-state index contributed by atoms with van der Waals surface area (Å²) in [6.45, 7) is 3.67. The van der Waals surface area contributed by atoms with Gasteiger partial charge in [-0.3, -0.25) is 4.79 Å². The molecule has 0 radical (unpaired) electrons. The van der Waals surface area contributed by atoms with Gasteiger partial charge < -0.3 is 10.3 Å². The van der Waals surface area contributed by atoms with Gasteiger partial charge in [-0.1, -0.05) is 23.7 Å². The van der Waals surface area contributed by atoms with Crippen LogP contribution in [-0.2, 0) is 11.8 Å². The number of imidazole rings is 1. The van der Waals surface area contributed by atoms with Crippen molar-refractivity contribution >= 4 is 17.6 Å². The van der Waals surface area contributed by atoms with Gasteiger partial charge in [-0.25, -0.2) is 4.57 Å². The van der Waals surface area contributed by atoms with E-state index < -0.39 is 11.9 Å². The molecule has 2 rings (SSSR count). The van der Waals surface area contributed by atoms with E-state index in [4.69, 9.17) is 11.6 Å². The summed E-state index contributed by atoms with van der Waals surface area (Å²) in [7, 11) is 1.81. The zero-order valence-corrected chi connectivity index (χ0v) is 12.9. The molecule has 5 nitrogen and oxygen atoms in total. The zero-order chi connectivity index (χ0) is 15.7. The lowest BCUT2D eigenvalue weighted by Gasteiger charge is -2.12. The van der Waals surface area contributed by atoms with Crippen molar-refractivity contribution in [3.05, 3.63) is 52.1 Å². The Hall–Kier alpha value is -2.01. The summed E-state index contributed by atoms with van der Waals surface area (Å²) >= 11 is 5.88. The fourth-order valence-electron chi connectivity index (χ4n) is 2.49. The highest BCUT2D eigenvalue weighted by Gasteiger charge is 2.33. The molecule has 2 aromatic rings. The highest BCUT2D eigenvalue weighted by Crippen LogP contribution is 2.28. The van der Waals surface area contributed by atoms with Crippen molar-refractivity contribution in [1.29, 1.82) is 0 Å². The minimum atomic E-state index is -0.925. The van der Waals surface area contributed by atoms with Gasteiger partial charge in [0.15, 0.2) is 5.69 Å². The molecule has 2 N–H and O–H groups in total. The molecule has 1 atom stereocenters. The Bertz CT molecular complexity index is 652. The second-order valence-corrected chi connectivity index (χ2v) is 5.54. The first-order chi connectivity index (χ1) is 9.82. The average Bonchev–Trinajstić information content (AvgIpc) is 2.62. The second-order valence-electron chi connectivity index (χ2n) is 5.10. The Balaban J connectivity index is 2.58. The van der Waals surface area contributed by atoms with Crippen LogP contribution in [0.2, 0.25) is 5.02 Å². The molecule has 0 saturated carbocycles. The molecule has 0 fully saturated rings. The Labute approximate surface area is 128 Å². The molecule has 0 aliphatic carbocycles. The van der Waals surface area contributed by atoms with Crippen molar-refractivity contribution in [1.82, 2.24) is 4.73 Å². The molecular formula is C15H18ClN2O3+. The van der Waals surface area contributed by atoms with E-state index in [1.165, 1.54) is 0 Å². The molecule has 0 aliphatic heterocycles. The van der Waals surface area contributed by atoms with Crippen LogP contribution in [0.4, 0.5) is 0 Å². The number of carboxylic acid groups (broad SMARTS) is 1. The number of carboxylic acids is 1. The van der Waals surface area contributed by atoms with E-state index in [0.717, 1.165) is 16.0 Å². The molecule has 1 heterocycles.